The van der Waals surface area contributed by atoms with Gasteiger partial charge in [-0.05, 0) is 47.5 Å². The highest BCUT2D eigenvalue weighted by Gasteiger charge is 2.12. The van der Waals surface area contributed by atoms with Crippen LogP contribution in [0.15, 0.2) is 83.0 Å². The highest BCUT2D eigenvalue weighted by molar-refractivity contribution is 6.14. The Kier molecular flexibility index (Phi) is 4.53. The van der Waals surface area contributed by atoms with Crippen molar-refractivity contribution in [2.24, 2.45) is 10.2 Å². The minimum absolute atomic E-state index is 0.167. The Morgan fingerprint density at radius 3 is 1.39 bits per heavy atom. The van der Waals surface area contributed by atoms with Gasteiger partial charge in [0, 0.05) is 11.1 Å². The van der Waals surface area contributed by atoms with Crippen molar-refractivity contribution >= 4 is 33.0 Å². The number of hydrogen-bond acceptors (Lipinski definition) is 4. The average Bonchev–Trinajstić information content (AvgIpc) is 2.71. The topological polar surface area (TPSA) is 65.2 Å². The van der Waals surface area contributed by atoms with Gasteiger partial charge in [-0.2, -0.15) is 10.2 Å². The number of aromatic hydroxyl groups is 2. The van der Waals surface area contributed by atoms with E-state index in [4.69, 9.17) is 0 Å². The second-order valence-corrected chi connectivity index (χ2v) is 6.73. The van der Waals surface area contributed by atoms with Gasteiger partial charge in [0.05, 0.1) is 11.4 Å². The van der Waals surface area contributed by atoms with E-state index in [0.717, 1.165) is 21.5 Å². The quantitative estimate of drug-likeness (QED) is 0.363. The highest BCUT2D eigenvalue weighted by atomic mass is 16.3. The van der Waals surface area contributed by atoms with Crippen molar-refractivity contribution in [3.05, 3.63) is 83.9 Å². The normalized spacial score (nSPS) is 12.6. The Balaban J connectivity index is 1.82. The molecule has 4 nitrogen and oxygen atoms in total. The summed E-state index contributed by atoms with van der Waals surface area (Å²) < 4.78 is 0. The molecule has 28 heavy (non-hydrogen) atoms. The summed E-state index contributed by atoms with van der Waals surface area (Å²) in [5.74, 6) is 0.335. The first-order chi connectivity index (χ1) is 13.6. The zero-order valence-electron chi connectivity index (χ0n) is 15.7. The van der Waals surface area contributed by atoms with Crippen LogP contribution in [0.5, 0.6) is 11.5 Å². The third-order valence-corrected chi connectivity index (χ3v) is 4.89. The number of nitrogens with zero attached hydrogens (tertiary/aromatic N) is 2. The lowest BCUT2D eigenvalue weighted by Gasteiger charge is -2.09. The zero-order valence-corrected chi connectivity index (χ0v) is 15.7. The molecule has 4 heteroatoms. The number of hydrogen-bond donors (Lipinski definition) is 2. The van der Waals surface area contributed by atoms with Gasteiger partial charge >= 0.3 is 0 Å². The van der Waals surface area contributed by atoms with Crippen LogP contribution in [0.25, 0.3) is 21.5 Å². The Labute approximate surface area is 163 Å². The molecule has 4 aromatic carbocycles. The van der Waals surface area contributed by atoms with Crippen molar-refractivity contribution in [3.8, 4) is 11.5 Å². The second-order valence-electron chi connectivity index (χ2n) is 6.73. The van der Waals surface area contributed by atoms with Gasteiger partial charge in [-0.1, -0.05) is 60.7 Å². The Hall–Kier alpha value is -3.66. The maximum Gasteiger partial charge on any atom is 0.125 e. The maximum atomic E-state index is 10.4. The molecule has 0 saturated carbocycles. The lowest BCUT2D eigenvalue weighted by Crippen LogP contribution is -2.00. The lowest BCUT2D eigenvalue weighted by molar-refractivity contribution is 0.474. The van der Waals surface area contributed by atoms with Crippen LogP contribution in [0.4, 0.5) is 0 Å². The minimum atomic E-state index is 0.167. The molecule has 2 N–H and O–H groups in total. The van der Waals surface area contributed by atoms with E-state index < -0.39 is 0 Å². The van der Waals surface area contributed by atoms with Crippen LogP contribution in [0.1, 0.15) is 25.0 Å². The molecule has 0 heterocycles. The fraction of sp³-hybridized carbons (Fsp3) is 0.0833. The van der Waals surface area contributed by atoms with Crippen LogP contribution >= 0.6 is 0 Å². The fourth-order valence-electron chi connectivity index (χ4n) is 3.53. The first-order valence-corrected chi connectivity index (χ1v) is 9.07. The monoisotopic (exact) mass is 368 g/mol. The Morgan fingerprint density at radius 2 is 0.964 bits per heavy atom. The van der Waals surface area contributed by atoms with Gasteiger partial charge in [0.1, 0.15) is 11.5 Å². The molecule has 0 unspecified atom stereocenters. The molecular formula is C24H20N2O2. The Morgan fingerprint density at radius 1 is 0.571 bits per heavy atom. The largest absolute Gasteiger partial charge is 0.507 e. The van der Waals surface area contributed by atoms with Crippen LogP contribution in [0, 0.1) is 0 Å². The molecule has 0 amide bonds. The molecule has 0 bridgehead atoms. The van der Waals surface area contributed by atoms with Crippen LogP contribution < -0.4 is 0 Å². The summed E-state index contributed by atoms with van der Waals surface area (Å²) >= 11 is 0. The summed E-state index contributed by atoms with van der Waals surface area (Å²) in [6, 6.07) is 22.8. The highest BCUT2D eigenvalue weighted by Crippen LogP contribution is 2.29. The molecule has 138 valence electrons. The summed E-state index contributed by atoms with van der Waals surface area (Å²) in [5, 5.41) is 33.4. The molecule has 4 rings (SSSR count). The van der Waals surface area contributed by atoms with E-state index in [2.05, 4.69) is 10.2 Å². The standard InChI is InChI=1S/C24H20N2O2/c1-15(23-19-9-5-3-7-17(19)11-13-21(23)27)25-26-16(2)24-20-10-6-4-8-18(20)12-14-22(24)28/h3-14,27-28H,1-2H3/b25-15+,26-16+. The number of phenols is 2. The predicted octanol–water partition coefficient (Wildman–Crippen LogP) is 5.64. The number of fused-ring (bicyclic) bond motifs is 2. The van der Waals surface area contributed by atoms with Crippen molar-refractivity contribution in [1.29, 1.82) is 0 Å². The molecule has 0 atom stereocenters. The molecule has 0 aliphatic rings. The van der Waals surface area contributed by atoms with Gasteiger partial charge in [-0.3, -0.25) is 0 Å². The molecule has 0 aliphatic heterocycles. The molecule has 0 aliphatic carbocycles. The molecule has 0 radical (unpaired) electrons. The van der Waals surface area contributed by atoms with Gasteiger partial charge in [-0.25, -0.2) is 0 Å². The van der Waals surface area contributed by atoms with E-state index >= 15 is 0 Å². The first kappa shape index (κ1) is 17.7. The fourth-order valence-corrected chi connectivity index (χ4v) is 3.53. The van der Waals surface area contributed by atoms with E-state index in [1.807, 2.05) is 74.5 Å². The van der Waals surface area contributed by atoms with Crippen LogP contribution in [-0.2, 0) is 0 Å². The van der Waals surface area contributed by atoms with E-state index in [1.165, 1.54) is 0 Å². The smallest absolute Gasteiger partial charge is 0.125 e. The van der Waals surface area contributed by atoms with Gasteiger partial charge in [0.2, 0.25) is 0 Å². The van der Waals surface area contributed by atoms with Crippen LogP contribution in [-0.4, -0.2) is 21.6 Å². The third-order valence-electron chi connectivity index (χ3n) is 4.89. The molecule has 0 saturated heterocycles. The maximum absolute atomic E-state index is 10.4. The summed E-state index contributed by atoms with van der Waals surface area (Å²) in [6.45, 7) is 3.64. The Bertz CT molecular complexity index is 1160. The summed E-state index contributed by atoms with van der Waals surface area (Å²) in [5.41, 5.74) is 2.54. The van der Waals surface area contributed by atoms with Crippen molar-refractivity contribution < 1.29 is 10.2 Å². The third kappa shape index (κ3) is 3.09. The van der Waals surface area contributed by atoms with E-state index in [-0.39, 0.29) is 11.5 Å². The number of phenolic OH excluding ortho intramolecular Hbond substituents is 2. The number of rotatable bonds is 3. The summed E-state index contributed by atoms with van der Waals surface area (Å²) in [7, 11) is 0. The van der Waals surface area contributed by atoms with Gasteiger partial charge in [0.15, 0.2) is 0 Å². The van der Waals surface area contributed by atoms with Crippen molar-refractivity contribution in [3.63, 3.8) is 0 Å². The first-order valence-electron chi connectivity index (χ1n) is 9.07. The van der Waals surface area contributed by atoms with Crippen molar-refractivity contribution in [2.75, 3.05) is 0 Å². The second kappa shape index (κ2) is 7.16. The molecular weight excluding hydrogens is 348 g/mol. The van der Waals surface area contributed by atoms with Crippen molar-refractivity contribution in [2.45, 2.75) is 13.8 Å². The molecule has 0 spiro atoms. The minimum Gasteiger partial charge on any atom is -0.507 e. The van der Waals surface area contributed by atoms with E-state index in [0.29, 0.717) is 22.6 Å². The van der Waals surface area contributed by atoms with E-state index in [1.54, 1.807) is 12.1 Å². The summed E-state index contributed by atoms with van der Waals surface area (Å²) in [4.78, 5) is 0. The molecule has 0 aromatic heterocycles. The zero-order chi connectivity index (χ0) is 19.7. The van der Waals surface area contributed by atoms with Crippen LogP contribution in [0.3, 0.4) is 0 Å². The molecule has 0 fully saturated rings. The number of benzene rings is 4. The van der Waals surface area contributed by atoms with Gasteiger partial charge < -0.3 is 10.2 Å². The average molecular weight is 368 g/mol. The van der Waals surface area contributed by atoms with Gasteiger partial charge in [0.25, 0.3) is 0 Å². The lowest BCUT2D eigenvalue weighted by atomic mass is 10.0. The SMILES string of the molecule is C/C(=N\N=C(/C)c1c(O)ccc2ccccc12)c1c(O)ccc2ccccc12. The van der Waals surface area contributed by atoms with Gasteiger partial charge in [-0.15, -0.1) is 0 Å². The molecule has 4 aromatic rings. The van der Waals surface area contributed by atoms with Crippen molar-refractivity contribution in [1.82, 2.24) is 0 Å². The summed E-state index contributed by atoms with van der Waals surface area (Å²) in [6.07, 6.45) is 0. The van der Waals surface area contributed by atoms with Crippen LogP contribution in [0.2, 0.25) is 0 Å². The predicted molar refractivity (Wildman–Crippen MR) is 116 cm³/mol. The van der Waals surface area contributed by atoms with E-state index in [9.17, 15) is 10.2 Å².